The Labute approximate surface area is 93.5 Å². The van der Waals surface area contributed by atoms with E-state index in [9.17, 15) is 22.8 Å². The molecule has 1 heterocycles. The summed E-state index contributed by atoms with van der Waals surface area (Å²) in [6, 6.07) is 2.89. The highest BCUT2D eigenvalue weighted by molar-refractivity contribution is 5.83. The number of rotatable bonds is 4. The van der Waals surface area contributed by atoms with Gasteiger partial charge in [-0.1, -0.05) is 6.07 Å². The van der Waals surface area contributed by atoms with Crippen LogP contribution in [-0.2, 0) is 15.8 Å². The molecule has 0 aliphatic heterocycles. The lowest BCUT2D eigenvalue weighted by Crippen LogP contribution is -2.29. The molecule has 1 amide bonds. The van der Waals surface area contributed by atoms with Gasteiger partial charge in [0.2, 0.25) is 6.41 Å². The van der Waals surface area contributed by atoms with Crippen molar-refractivity contribution < 1.29 is 27.9 Å². The molecule has 8 heteroatoms. The molecule has 0 fully saturated rings. The van der Waals surface area contributed by atoms with Crippen molar-refractivity contribution in [2.45, 2.75) is 6.18 Å². The van der Waals surface area contributed by atoms with Crippen LogP contribution in [0.2, 0.25) is 0 Å². The lowest BCUT2D eigenvalue weighted by atomic mass is 10.3. The average molecular weight is 248 g/mol. The number of carbonyl (C=O) groups is 2. The molecule has 1 N–H and O–H groups in total. The van der Waals surface area contributed by atoms with Gasteiger partial charge in [-0.25, -0.2) is 4.98 Å². The fourth-order valence-corrected chi connectivity index (χ4v) is 1.06. The molecule has 0 aliphatic rings. The number of carboxylic acid groups (broad SMARTS) is 1. The van der Waals surface area contributed by atoms with Crippen LogP contribution in [0, 0.1) is 0 Å². The summed E-state index contributed by atoms with van der Waals surface area (Å²) in [5, 5.41) is 8.45. The van der Waals surface area contributed by atoms with Crippen molar-refractivity contribution in [3.05, 3.63) is 23.9 Å². The molecule has 0 radical (unpaired) electrons. The summed E-state index contributed by atoms with van der Waals surface area (Å²) < 4.78 is 36.9. The van der Waals surface area contributed by atoms with E-state index in [0.717, 1.165) is 18.2 Å². The topological polar surface area (TPSA) is 70.5 Å². The van der Waals surface area contributed by atoms with E-state index in [0.29, 0.717) is 4.90 Å². The smallest absolute Gasteiger partial charge is 0.433 e. The van der Waals surface area contributed by atoms with Crippen LogP contribution >= 0.6 is 0 Å². The van der Waals surface area contributed by atoms with Gasteiger partial charge in [0, 0.05) is 0 Å². The number of carboxylic acids is 1. The minimum absolute atomic E-state index is 0.108. The van der Waals surface area contributed by atoms with Crippen LogP contribution in [0.4, 0.5) is 19.0 Å². The van der Waals surface area contributed by atoms with Crippen molar-refractivity contribution in [1.29, 1.82) is 0 Å². The van der Waals surface area contributed by atoms with Gasteiger partial charge in [-0.2, -0.15) is 13.2 Å². The van der Waals surface area contributed by atoms with Crippen molar-refractivity contribution in [3.8, 4) is 0 Å². The number of alkyl halides is 3. The maximum atomic E-state index is 12.3. The second kappa shape index (κ2) is 4.81. The van der Waals surface area contributed by atoms with Crippen LogP contribution in [0.15, 0.2) is 18.2 Å². The van der Waals surface area contributed by atoms with Crippen LogP contribution < -0.4 is 4.90 Å². The molecular formula is C9H7F3N2O3. The van der Waals surface area contributed by atoms with Crippen molar-refractivity contribution in [2.24, 2.45) is 0 Å². The van der Waals surface area contributed by atoms with E-state index in [2.05, 4.69) is 4.98 Å². The normalized spacial score (nSPS) is 11.0. The zero-order valence-electron chi connectivity index (χ0n) is 8.31. The first-order valence-corrected chi connectivity index (χ1v) is 4.32. The Kier molecular flexibility index (Phi) is 3.66. The van der Waals surface area contributed by atoms with Gasteiger partial charge >= 0.3 is 12.1 Å². The second-order valence-electron chi connectivity index (χ2n) is 3.01. The summed E-state index contributed by atoms with van der Waals surface area (Å²) in [5.74, 6) is -1.71. The van der Waals surface area contributed by atoms with E-state index in [1.54, 1.807) is 0 Å². The first kappa shape index (κ1) is 12.9. The standard InChI is InChI=1S/C9H7F3N2O3/c10-9(11,12)6-2-1-3-7(13-6)14(5-15)4-8(16)17/h1-3,5H,4H2,(H,16,17). The minimum atomic E-state index is -4.65. The molecule has 0 spiro atoms. The fourth-order valence-electron chi connectivity index (χ4n) is 1.06. The minimum Gasteiger partial charge on any atom is -0.480 e. The highest BCUT2D eigenvalue weighted by Gasteiger charge is 2.32. The third kappa shape index (κ3) is 3.44. The zero-order chi connectivity index (χ0) is 13.1. The monoisotopic (exact) mass is 248 g/mol. The molecule has 1 aromatic rings. The SMILES string of the molecule is O=CN(CC(=O)O)c1cccc(C(F)(F)F)n1. The summed E-state index contributed by atoms with van der Waals surface area (Å²) in [4.78, 5) is 24.7. The Bertz CT molecular complexity index is 434. The molecule has 0 aromatic carbocycles. The molecule has 0 saturated heterocycles. The highest BCUT2D eigenvalue weighted by atomic mass is 19.4. The zero-order valence-corrected chi connectivity index (χ0v) is 8.31. The average Bonchev–Trinajstić information content (AvgIpc) is 2.24. The van der Waals surface area contributed by atoms with Gasteiger partial charge < -0.3 is 5.11 Å². The number of hydrogen-bond donors (Lipinski definition) is 1. The van der Waals surface area contributed by atoms with Crippen LogP contribution in [0.5, 0.6) is 0 Å². The molecule has 17 heavy (non-hydrogen) atoms. The third-order valence-corrected chi connectivity index (χ3v) is 1.75. The summed E-state index contributed by atoms with van der Waals surface area (Å²) >= 11 is 0. The number of nitrogens with zero attached hydrogens (tertiary/aromatic N) is 2. The molecule has 1 aromatic heterocycles. The van der Waals surface area contributed by atoms with E-state index in [4.69, 9.17) is 5.11 Å². The molecule has 5 nitrogen and oxygen atoms in total. The van der Waals surface area contributed by atoms with Gasteiger partial charge in [-0.05, 0) is 12.1 Å². The van der Waals surface area contributed by atoms with Gasteiger partial charge in [0.05, 0.1) is 0 Å². The quantitative estimate of drug-likeness (QED) is 0.811. The Morgan fingerprint density at radius 1 is 1.47 bits per heavy atom. The Morgan fingerprint density at radius 3 is 2.59 bits per heavy atom. The van der Waals surface area contributed by atoms with Gasteiger partial charge in [-0.15, -0.1) is 0 Å². The number of anilines is 1. The molecule has 0 bridgehead atoms. The number of aliphatic carboxylic acids is 1. The lowest BCUT2D eigenvalue weighted by Gasteiger charge is -2.15. The molecule has 0 aliphatic carbocycles. The number of halogens is 3. The Morgan fingerprint density at radius 2 is 2.12 bits per heavy atom. The first-order chi connectivity index (χ1) is 7.84. The number of aromatic nitrogens is 1. The van der Waals surface area contributed by atoms with Gasteiger partial charge in [0.25, 0.3) is 0 Å². The van der Waals surface area contributed by atoms with Crippen LogP contribution in [-0.4, -0.2) is 29.0 Å². The summed E-state index contributed by atoms with van der Waals surface area (Å²) in [6.45, 7) is -0.752. The van der Waals surface area contributed by atoms with Crippen molar-refractivity contribution >= 4 is 18.2 Å². The van der Waals surface area contributed by atoms with Crippen LogP contribution in [0.1, 0.15) is 5.69 Å². The molecular weight excluding hydrogens is 241 g/mol. The molecule has 0 unspecified atom stereocenters. The van der Waals surface area contributed by atoms with Gasteiger partial charge in [0.1, 0.15) is 18.1 Å². The number of amides is 1. The van der Waals surface area contributed by atoms with Gasteiger partial charge in [-0.3, -0.25) is 14.5 Å². The lowest BCUT2D eigenvalue weighted by molar-refractivity contribution is -0.141. The maximum Gasteiger partial charge on any atom is 0.433 e. The van der Waals surface area contributed by atoms with Crippen molar-refractivity contribution in [1.82, 2.24) is 4.98 Å². The number of pyridine rings is 1. The largest absolute Gasteiger partial charge is 0.480 e. The third-order valence-electron chi connectivity index (χ3n) is 1.75. The van der Waals surface area contributed by atoms with Crippen LogP contribution in [0.3, 0.4) is 0 Å². The van der Waals surface area contributed by atoms with Crippen LogP contribution in [0.25, 0.3) is 0 Å². The molecule has 0 saturated carbocycles. The first-order valence-electron chi connectivity index (χ1n) is 4.32. The van der Waals surface area contributed by atoms with E-state index < -0.39 is 24.4 Å². The Balaban J connectivity index is 3.05. The second-order valence-corrected chi connectivity index (χ2v) is 3.01. The molecule has 92 valence electrons. The van der Waals surface area contributed by atoms with Gasteiger partial charge in [0.15, 0.2) is 0 Å². The predicted octanol–water partition coefficient (Wildman–Crippen LogP) is 1.15. The fraction of sp³-hybridized carbons (Fsp3) is 0.222. The summed E-state index contributed by atoms with van der Waals surface area (Å²) in [7, 11) is 0. The van der Waals surface area contributed by atoms with E-state index in [1.165, 1.54) is 0 Å². The van der Waals surface area contributed by atoms with E-state index in [1.807, 2.05) is 0 Å². The Hall–Kier alpha value is -2.12. The summed E-state index contributed by atoms with van der Waals surface area (Å²) in [5.41, 5.74) is -1.19. The van der Waals surface area contributed by atoms with E-state index in [-0.39, 0.29) is 12.2 Å². The molecule has 0 atom stereocenters. The van der Waals surface area contributed by atoms with E-state index >= 15 is 0 Å². The summed E-state index contributed by atoms with van der Waals surface area (Å²) in [6.07, 6.45) is -4.54. The maximum absolute atomic E-state index is 12.3. The molecule has 1 rings (SSSR count). The van der Waals surface area contributed by atoms with Crippen molar-refractivity contribution in [2.75, 3.05) is 11.4 Å². The van der Waals surface area contributed by atoms with Crippen molar-refractivity contribution in [3.63, 3.8) is 0 Å². The number of carbonyl (C=O) groups excluding carboxylic acids is 1. The highest BCUT2D eigenvalue weighted by Crippen LogP contribution is 2.28. The predicted molar refractivity (Wildman–Crippen MR) is 50.3 cm³/mol. The number of hydrogen-bond acceptors (Lipinski definition) is 3.